The molecule has 0 spiro atoms. The molecular weight excluding hydrogens is 983 g/mol. The van der Waals surface area contributed by atoms with Gasteiger partial charge in [0.05, 0.1) is 25.4 Å². The maximum Gasteiger partial charge on any atom is 0.305 e. The van der Waals surface area contributed by atoms with Crippen molar-refractivity contribution >= 4 is 11.9 Å². The van der Waals surface area contributed by atoms with Crippen LogP contribution in [0.4, 0.5) is 0 Å². The van der Waals surface area contributed by atoms with Crippen molar-refractivity contribution in [3.63, 3.8) is 0 Å². The molecule has 476 valence electrons. The number of nitrogens with one attached hydrogen (secondary N) is 1. The Labute approximate surface area is 501 Å². The van der Waals surface area contributed by atoms with E-state index in [4.69, 9.17) is 4.74 Å². The fourth-order valence-electron chi connectivity index (χ4n) is 11.9. The molecule has 0 aromatic carbocycles. The first-order valence-corrected chi connectivity index (χ1v) is 37.0. The lowest BCUT2D eigenvalue weighted by Crippen LogP contribution is -2.45. The summed E-state index contributed by atoms with van der Waals surface area (Å²) in [5.41, 5.74) is 0. The van der Waals surface area contributed by atoms with Crippen LogP contribution >= 0.6 is 0 Å². The Hall–Kier alpha value is -1.40. The first-order chi connectivity index (χ1) is 39.5. The highest BCUT2D eigenvalue weighted by Gasteiger charge is 2.18. The van der Waals surface area contributed by atoms with Gasteiger partial charge in [-0.1, -0.05) is 392 Å². The number of hydrogen-bond acceptors (Lipinski definition) is 5. The molecule has 0 radical (unpaired) electrons. The van der Waals surface area contributed by atoms with Crippen LogP contribution in [0, 0.1) is 0 Å². The first-order valence-electron chi connectivity index (χ1n) is 37.0. The monoisotopic (exact) mass is 1130 g/mol. The van der Waals surface area contributed by atoms with Gasteiger partial charge in [0.15, 0.2) is 0 Å². The van der Waals surface area contributed by atoms with Crippen molar-refractivity contribution in [2.24, 2.45) is 0 Å². The van der Waals surface area contributed by atoms with E-state index in [1.807, 2.05) is 6.08 Å². The minimum absolute atomic E-state index is 0.0202. The topological polar surface area (TPSA) is 95.9 Å². The normalized spacial score (nSPS) is 12.5. The molecule has 0 fully saturated rings. The Bertz CT molecular complexity index is 1210. The minimum atomic E-state index is -0.844. The molecule has 0 bridgehead atoms. The molecule has 0 rings (SSSR count). The lowest BCUT2D eigenvalue weighted by Gasteiger charge is -2.20. The van der Waals surface area contributed by atoms with E-state index in [0.29, 0.717) is 19.4 Å². The van der Waals surface area contributed by atoms with Crippen molar-refractivity contribution in [2.45, 2.75) is 437 Å². The number of ether oxygens (including phenoxy) is 1. The van der Waals surface area contributed by atoms with Gasteiger partial charge in [-0.05, 0) is 32.1 Å². The molecule has 6 heteroatoms. The van der Waals surface area contributed by atoms with Crippen molar-refractivity contribution < 1.29 is 24.5 Å². The van der Waals surface area contributed by atoms with Crippen LogP contribution in [0.3, 0.4) is 0 Å². The number of carbonyl (C=O) groups is 2. The standard InChI is InChI=1S/C74H145NO5/c1-3-5-7-9-11-13-15-17-19-21-22-23-28-31-35-38-42-46-50-54-58-62-66-72(77)71(70-76)75-73(78)67-63-59-55-51-47-43-39-36-32-29-26-24-25-27-30-33-37-41-45-49-53-57-61-65-69-80-74(79)68-64-60-56-52-48-44-40-34-20-18-16-14-12-10-8-6-4-2/h62,66,71-72,76-77H,3-61,63-65,67-70H2,1-2H3,(H,75,78)/b66-62+. The number of rotatable bonds is 70. The molecule has 0 aromatic rings. The fourth-order valence-corrected chi connectivity index (χ4v) is 11.9. The minimum Gasteiger partial charge on any atom is -0.466 e. The number of aliphatic hydroxyl groups is 2. The molecule has 1 amide bonds. The number of unbranched alkanes of at least 4 members (excludes halogenated alkanes) is 59. The summed E-state index contributed by atoms with van der Waals surface area (Å²) >= 11 is 0. The average molecular weight is 1130 g/mol. The van der Waals surface area contributed by atoms with Gasteiger partial charge in [-0.25, -0.2) is 0 Å². The van der Waals surface area contributed by atoms with Crippen LogP contribution in [0.2, 0.25) is 0 Å². The summed E-state index contributed by atoms with van der Waals surface area (Å²) < 4.78 is 5.51. The van der Waals surface area contributed by atoms with Crippen molar-refractivity contribution in [3.05, 3.63) is 12.2 Å². The Morgan fingerprint density at radius 3 is 0.850 bits per heavy atom. The molecule has 0 aliphatic carbocycles. The number of carbonyl (C=O) groups excluding carboxylic acids is 2. The maximum atomic E-state index is 12.5. The lowest BCUT2D eigenvalue weighted by molar-refractivity contribution is -0.143. The summed E-state index contributed by atoms with van der Waals surface area (Å²) in [6.45, 7) is 4.96. The Kier molecular flexibility index (Phi) is 68.9. The second kappa shape index (κ2) is 70.1. The third-order valence-corrected chi connectivity index (χ3v) is 17.6. The zero-order valence-corrected chi connectivity index (χ0v) is 54.6. The van der Waals surface area contributed by atoms with Gasteiger partial charge in [0.25, 0.3) is 0 Å². The van der Waals surface area contributed by atoms with Gasteiger partial charge in [-0.15, -0.1) is 0 Å². The zero-order valence-electron chi connectivity index (χ0n) is 54.6. The van der Waals surface area contributed by atoms with Crippen LogP contribution in [0.15, 0.2) is 12.2 Å². The summed E-state index contributed by atoms with van der Waals surface area (Å²) in [4.78, 5) is 24.6. The molecule has 6 nitrogen and oxygen atoms in total. The summed E-state index contributed by atoms with van der Waals surface area (Å²) in [6.07, 6.45) is 87.3. The largest absolute Gasteiger partial charge is 0.466 e. The molecule has 0 heterocycles. The quantitative estimate of drug-likeness (QED) is 0.0320. The molecule has 80 heavy (non-hydrogen) atoms. The first kappa shape index (κ1) is 78.6. The lowest BCUT2D eigenvalue weighted by atomic mass is 10.0. The van der Waals surface area contributed by atoms with Crippen LogP contribution in [0.5, 0.6) is 0 Å². The van der Waals surface area contributed by atoms with E-state index in [0.717, 1.165) is 38.5 Å². The van der Waals surface area contributed by atoms with Gasteiger partial charge in [-0.2, -0.15) is 0 Å². The predicted molar refractivity (Wildman–Crippen MR) is 352 cm³/mol. The molecule has 2 unspecified atom stereocenters. The summed E-state index contributed by atoms with van der Waals surface area (Å²) in [6, 6.07) is -0.627. The van der Waals surface area contributed by atoms with Gasteiger partial charge in [-0.3, -0.25) is 9.59 Å². The van der Waals surface area contributed by atoms with Crippen LogP contribution < -0.4 is 5.32 Å². The van der Waals surface area contributed by atoms with Gasteiger partial charge in [0.2, 0.25) is 5.91 Å². The molecule has 0 aromatic heterocycles. The van der Waals surface area contributed by atoms with E-state index in [9.17, 15) is 19.8 Å². The number of hydrogen-bond donors (Lipinski definition) is 3. The number of aliphatic hydroxyl groups excluding tert-OH is 2. The second-order valence-electron chi connectivity index (χ2n) is 25.6. The van der Waals surface area contributed by atoms with Gasteiger partial charge in [0, 0.05) is 12.8 Å². The Morgan fingerprint density at radius 2 is 0.575 bits per heavy atom. The van der Waals surface area contributed by atoms with E-state index in [-0.39, 0.29) is 18.5 Å². The van der Waals surface area contributed by atoms with E-state index >= 15 is 0 Å². The summed E-state index contributed by atoms with van der Waals surface area (Å²) in [5.74, 6) is -0.0415. The number of allylic oxidation sites excluding steroid dienone is 1. The van der Waals surface area contributed by atoms with Gasteiger partial charge >= 0.3 is 5.97 Å². The van der Waals surface area contributed by atoms with E-state index in [2.05, 4.69) is 19.2 Å². The summed E-state index contributed by atoms with van der Waals surface area (Å²) in [7, 11) is 0. The van der Waals surface area contributed by atoms with Crippen molar-refractivity contribution in [2.75, 3.05) is 13.2 Å². The van der Waals surface area contributed by atoms with Crippen LogP contribution in [0.1, 0.15) is 425 Å². The van der Waals surface area contributed by atoms with Gasteiger partial charge < -0.3 is 20.3 Å². The molecule has 0 aliphatic heterocycles. The van der Waals surface area contributed by atoms with Crippen LogP contribution in [-0.2, 0) is 14.3 Å². The number of esters is 1. The highest BCUT2D eigenvalue weighted by atomic mass is 16.5. The molecule has 0 saturated heterocycles. The fraction of sp³-hybridized carbons (Fsp3) is 0.946. The third-order valence-electron chi connectivity index (χ3n) is 17.6. The van der Waals surface area contributed by atoms with Crippen molar-refractivity contribution in [3.8, 4) is 0 Å². The second-order valence-corrected chi connectivity index (χ2v) is 25.6. The predicted octanol–water partition coefficient (Wildman–Crippen LogP) is 23.9. The van der Waals surface area contributed by atoms with Gasteiger partial charge in [0.1, 0.15) is 0 Å². The van der Waals surface area contributed by atoms with Crippen LogP contribution in [-0.4, -0.2) is 47.4 Å². The highest BCUT2D eigenvalue weighted by Crippen LogP contribution is 2.20. The Balaban J connectivity index is 3.37. The highest BCUT2D eigenvalue weighted by molar-refractivity contribution is 5.76. The molecule has 0 saturated carbocycles. The molecule has 2 atom stereocenters. The zero-order chi connectivity index (χ0) is 57.8. The molecular formula is C74H145NO5. The Morgan fingerprint density at radius 1 is 0.338 bits per heavy atom. The average Bonchev–Trinajstić information content (AvgIpc) is 3.46. The van der Waals surface area contributed by atoms with Crippen LogP contribution in [0.25, 0.3) is 0 Å². The molecule has 3 N–H and O–H groups in total. The maximum absolute atomic E-state index is 12.5. The third kappa shape index (κ3) is 65.7. The van der Waals surface area contributed by atoms with E-state index in [1.54, 1.807) is 6.08 Å². The SMILES string of the molecule is CCCCCCCCCCCCCCCCCCCCCC/C=C/C(O)C(CO)NC(=O)CCCCCCCCCCCCCCCCCCCCCCCCCCOC(=O)CCCCCCCCCCCCCCCCCCC. The smallest absolute Gasteiger partial charge is 0.305 e. The number of amides is 1. The van der Waals surface area contributed by atoms with E-state index < -0.39 is 12.1 Å². The van der Waals surface area contributed by atoms with E-state index in [1.165, 1.54) is 360 Å². The van der Waals surface area contributed by atoms with Crippen molar-refractivity contribution in [1.29, 1.82) is 0 Å². The molecule has 0 aliphatic rings. The summed E-state index contributed by atoms with van der Waals surface area (Å²) in [5, 5.41) is 23.3. The van der Waals surface area contributed by atoms with Crippen molar-refractivity contribution in [1.82, 2.24) is 5.32 Å².